The molecule has 5 nitrogen and oxygen atoms in total. The molecule has 6 heteroatoms. The number of rotatable bonds is 5. The molecule has 0 aliphatic carbocycles. The smallest absolute Gasteiger partial charge is 0.116 e. The minimum absolute atomic E-state index is 0.0856. The maximum atomic E-state index is 13.6. The molecule has 4 unspecified atom stereocenters. The number of aliphatic hydroxyl groups excluding tert-OH is 1. The Hall–Kier alpha value is -1.99. The molecule has 3 aliphatic rings. The maximum Gasteiger partial charge on any atom is 0.116 e. The lowest BCUT2D eigenvalue weighted by atomic mass is 9.74. The Morgan fingerprint density at radius 3 is 2.74 bits per heavy atom. The molecule has 4 atom stereocenters. The molecular formula is C25H32FN3O2. The quantitative estimate of drug-likeness (QED) is 0.509. The fraction of sp³-hybridized carbons (Fsp3) is 0.520. The van der Waals surface area contributed by atoms with Gasteiger partial charge in [-0.3, -0.25) is 0 Å². The van der Waals surface area contributed by atoms with Crippen molar-refractivity contribution in [3.63, 3.8) is 0 Å². The predicted molar refractivity (Wildman–Crippen MR) is 119 cm³/mol. The van der Waals surface area contributed by atoms with E-state index in [1.165, 1.54) is 22.3 Å². The Bertz CT molecular complexity index is 945. The number of hydrogen-bond acceptors (Lipinski definition) is 5. The number of aliphatic hydroxyl groups is 1. The van der Waals surface area contributed by atoms with Gasteiger partial charge in [0.05, 0.1) is 6.10 Å². The summed E-state index contributed by atoms with van der Waals surface area (Å²) in [6.45, 7) is 3.63. The average Bonchev–Trinajstić information content (AvgIpc) is 3.33. The first kappa shape index (κ1) is 20.9. The van der Waals surface area contributed by atoms with Crippen molar-refractivity contribution < 1.29 is 14.6 Å². The van der Waals surface area contributed by atoms with Gasteiger partial charge in [-0.2, -0.15) is 0 Å². The number of halogens is 1. The summed E-state index contributed by atoms with van der Waals surface area (Å²) in [5, 5.41) is 31.1. The third-order valence-corrected chi connectivity index (χ3v) is 7.32. The Labute approximate surface area is 183 Å². The summed E-state index contributed by atoms with van der Waals surface area (Å²) < 4.78 is 13.6. The average molecular weight is 426 g/mol. The topological polar surface area (TPSA) is 76.5 Å². The summed E-state index contributed by atoms with van der Waals surface area (Å²) in [6, 6.07) is 9.79. The van der Waals surface area contributed by atoms with Crippen LogP contribution in [-0.4, -0.2) is 49.2 Å². The van der Waals surface area contributed by atoms with Crippen LogP contribution in [0, 0.1) is 0 Å². The van der Waals surface area contributed by atoms with E-state index in [4.69, 9.17) is 0 Å². The normalized spacial score (nSPS) is 26.3. The van der Waals surface area contributed by atoms with Crippen LogP contribution in [0.4, 0.5) is 4.39 Å². The maximum absolute atomic E-state index is 13.6. The molecule has 0 bridgehead atoms. The van der Waals surface area contributed by atoms with E-state index in [-0.39, 0.29) is 17.7 Å². The van der Waals surface area contributed by atoms with Crippen molar-refractivity contribution in [2.75, 3.05) is 32.9 Å². The number of hydrogen-bond donors (Lipinski definition) is 5. The highest BCUT2D eigenvalue weighted by molar-refractivity contribution is 5.53. The molecule has 31 heavy (non-hydrogen) atoms. The van der Waals surface area contributed by atoms with Crippen LogP contribution in [-0.2, 0) is 19.4 Å². The SMILES string of the molecule is Oc1cccc(CC2NCC(C(O)CF)c3cc(C4CCNC4)c4c(c32)CCNC4)c1. The number of aromatic hydroxyl groups is 1. The molecule has 2 aromatic rings. The van der Waals surface area contributed by atoms with Crippen LogP contribution in [0.3, 0.4) is 0 Å². The number of benzene rings is 2. The lowest BCUT2D eigenvalue weighted by Crippen LogP contribution is -2.42. The number of alkyl halides is 1. The van der Waals surface area contributed by atoms with E-state index in [9.17, 15) is 14.6 Å². The Morgan fingerprint density at radius 1 is 1.06 bits per heavy atom. The highest BCUT2D eigenvalue weighted by Gasteiger charge is 2.36. The van der Waals surface area contributed by atoms with Gasteiger partial charge in [0, 0.05) is 31.6 Å². The van der Waals surface area contributed by atoms with Gasteiger partial charge in [-0.25, -0.2) is 4.39 Å². The molecule has 0 spiro atoms. The second-order valence-electron chi connectivity index (χ2n) is 9.21. The lowest BCUT2D eigenvalue weighted by Gasteiger charge is -2.39. The van der Waals surface area contributed by atoms with Crippen LogP contribution in [0.2, 0.25) is 0 Å². The number of fused-ring (bicyclic) bond motifs is 3. The Balaban J connectivity index is 1.63. The fourth-order valence-electron chi connectivity index (χ4n) is 5.79. The summed E-state index contributed by atoms with van der Waals surface area (Å²) in [4.78, 5) is 0. The fourth-order valence-corrected chi connectivity index (χ4v) is 5.79. The van der Waals surface area contributed by atoms with Gasteiger partial charge >= 0.3 is 0 Å². The summed E-state index contributed by atoms with van der Waals surface area (Å²) in [6.07, 6.45) is 1.82. The Kier molecular flexibility index (Phi) is 5.97. The zero-order valence-electron chi connectivity index (χ0n) is 17.8. The van der Waals surface area contributed by atoms with Crippen molar-refractivity contribution >= 4 is 0 Å². The van der Waals surface area contributed by atoms with Crippen LogP contribution >= 0.6 is 0 Å². The van der Waals surface area contributed by atoms with Crippen LogP contribution in [0.15, 0.2) is 30.3 Å². The second-order valence-corrected chi connectivity index (χ2v) is 9.21. The van der Waals surface area contributed by atoms with Gasteiger partial charge in [-0.15, -0.1) is 0 Å². The minimum atomic E-state index is -0.998. The molecule has 0 aromatic heterocycles. The van der Waals surface area contributed by atoms with Crippen molar-refractivity contribution in [3.8, 4) is 5.75 Å². The van der Waals surface area contributed by atoms with Gasteiger partial charge in [0.15, 0.2) is 0 Å². The number of phenols is 1. The monoisotopic (exact) mass is 425 g/mol. The van der Waals surface area contributed by atoms with Gasteiger partial charge < -0.3 is 26.2 Å². The largest absolute Gasteiger partial charge is 0.508 e. The molecule has 166 valence electrons. The van der Waals surface area contributed by atoms with E-state index in [1.807, 2.05) is 18.2 Å². The second kappa shape index (κ2) is 8.87. The highest BCUT2D eigenvalue weighted by Crippen LogP contribution is 2.42. The Morgan fingerprint density at radius 2 is 1.97 bits per heavy atom. The highest BCUT2D eigenvalue weighted by atomic mass is 19.1. The van der Waals surface area contributed by atoms with Crippen LogP contribution in [0.5, 0.6) is 5.75 Å². The summed E-state index contributed by atoms with van der Waals surface area (Å²) in [5.74, 6) is 0.504. The summed E-state index contributed by atoms with van der Waals surface area (Å²) in [7, 11) is 0. The first-order valence-electron chi connectivity index (χ1n) is 11.5. The van der Waals surface area contributed by atoms with Crippen LogP contribution in [0.25, 0.3) is 0 Å². The molecular weight excluding hydrogens is 393 g/mol. The number of nitrogens with one attached hydrogen (secondary N) is 3. The van der Waals surface area contributed by atoms with Gasteiger partial charge in [-0.05, 0) is 83.8 Å². The van der Waals surface area contributed by atoms with Crippen molar-refractivity contribution in [2.24, 2.45) is 0 Å². The van der Waals surface area contributed by atoms with Crippen molar-refractivity contribution in [1.82, 2.24) is 16.0 Å². The third-order valence-electron chi connectivity index (χ3n) is 7.32. The van der Waals surface area contributed by atoms with Crippen LogP contribution < -0.4 is 16.0 Å². The molecule has 0 saturated carbocycles. The van der Waals surface area contributed by atoms with Crippen molar-refractivity contribution in [2.45, 2.75) is 49.8 Å². The van der Waals surface area contributed by atoms with E-state index >= 15 is 0 Å². The van der Waals surface area contributed by atoms with Crippen molar-refractivity contribution in [1.29, 1.82) is 0 Å². The molecule has 1 fully saturated rings. The third kappa shape index (κ3) is 3.98. The van der Waals surface area contributed by atoms with Gasteiger partial charge in [0.25, 0.3) is 0 Å². The van der Waals surface area contributed by atoms with E-state index in [0.29, 0.717) is 12.5 Å². The van der Waals surface area contributed by atoms with E-state index in [2.05, 4.69) is 22.0 Å². The first-order valence-corrected chi connectivity index (χ1v) is 11.5. The van der Waals surface area contributed by atoms with Crippen LogP contribution in [0.1, 0.15) is 57.7 Å². The predicted octanol–water partition coefficient (Wildman–Crippen LogP) is 2.42. The molecule has 5 rings (SSSR count). The van der Waals surface area contributed by atoms with Crippen molar-refractivity contribution in [3.05, 3.63) is 63.7 Å². The molecule has 2 aromatic carbocycles. The molecule has 1 saturated heterocycles. The molecule has 3 heterocycles. The first-order chi connectivity index (χ1) is 15.2. The summed E-state index contributed by atoms with van der Waals surface area (Å²) >= 11 is 0. The van der Waals surface area contributed by atoms with Gasteiger partial charge in [0.2, 0.25) is 0 Å². The van der Waals surface area contributed by atoms with E-state index in [1.54, 1.807) is 6.07 Å². The standard InChI is InChI=1S/C25H32FN3O2/c26-11-24(31)22-14-29-23(9-15-2-1-3-17(30)8-15)25-18-5-7-28-13-21(18)19(10-20(22)25)16-4-6-27-12-16/h1-3,8,10,16,22-24,27-31H,4-7,9,11-14H2. The van der Waals surface area contributed by atoms with Gasteiger partial charge in [-0.1, -0.05) is 18.2 Å². The molecule has 3 aliphatic heterocycles. The molecule has 0 amide bonds. The molecule has 0 radical (unpaired) electrons. The van der Waals surface area contributed by atoms with E-state index in [0.717, 1.165) is 56.6 Å². The van der Waals surface area contributed by atoms with E-state index < -0.39 is 12.8 Å². The molecule has 5 N–H and O–H groups in total. The minimum Gasteiger partial charge on any atom is -0.508 e. The zero-order valence-corrected chi connectivity index (χ0v) is 17.8. The number of phenolic OH excluding ortho intramolecular Hbond substituents is 1. The van der Waals surface area contributed by atoms with Gasteiger partial charge in [0.1, 0.15) is 12.4 Å². The zero-order chi connectivity index (χ0) is 21.4. The lowest BCUT2D eigenvalue weighted by molar-refractivity contribution is 0.105. The summed E-state index contributed by atoms with van der Waals surface area (Å²) in [5.41, 5.74) is 7.60.